The van der Waals surface area contributed by atoms with Crippen molar-refractivity contribution in [1.29, 1.82) is 0 Å². The van der Waals surface area contributed by atoms with Crippen molar-refractivity contribution in [3.05, 3.63) is 0 Å². The fourth-order valence-electron chi connectivity index (χ4n) is 0.997. The van der Waals surface area contributed by atoms with Gasteiger partial charge in [0.1, 0.15) is 5.60 Å². The molecule has 0 atom stereocenters. The molecular weight excluding hydrogens is 204 g/mol. The van der Waals surface area contributed by atoms with Gasteiger partial charge < -0.3 is 14.5 Å². The first kappa shape index (κ1) is 15.2. The molecule has 4 nitrogen and oxygen atoms in total. The minimum Gasteiger partial charge on any atom is -0.444 e. The van der Waals surface area contributed by atoms with Crippen molar-refractivity contribution >= 4 is 6.09 Å². The third kappa shape index (κ3) is 6.67. The van der Waals surface area contributed by atoms with Crippen molar-refractivity contribution in [3.8, 4) is 0 Å². The van der Waals surface area contributed by atoms with E-state index in [4.69, 9.17) is 4.74 Å². The quantitative estimate of drug-likeness (QED) is 0.742. The Balaban J connectivity index is 3.98. The van der Waals surface area contributed by atoms with Crippen LogP contribution in [0.2, 0.25) is 0 Å². The topological polar surface area (TPSA) is 32.8 Å². The van der Waals surface area contributed by atoms with Crippen LogP contribution in [0.25, 0.3) is 0 Å². The molecule has 0 unspecified atom stereocenters. The van der Waals surface area contributed by atoms with E-state index in [2.05, 4.69) is 18.7 Å². The first-order valence-corrected chi connectivity index (χ1v) is 5.78. The Morgan fingerprint density at radius 1 is 1.19 bits per heavy atom. The van der Waals surface area contributed by atoms with Gasteiger partial charge in [-0.2, -0.15) is 0 Å². The normalized spacial score (nSPS) is 12.1. The number of carbonyl (C=O) groups excluding carboxylic acids is 1. The van der Waals surface area contributed by atoms with Gasteiger partial charge in [-0.25, -0.2) is 4.79 Å². The summed E-state index contributed by atoms with van der Waals surface area (Å²) in [6, 6.07) is 0.493. The number of amides is 1. The molecular formula is C12H26N2O2. The number of likely N-dealkylation sites (N-methyl/N-ethyl adjacent to an activating group) is 2. The van der Waals surface area contributed by atoms with E-state index < -0.39 is 5.60 Å². The predicted molar refractivity (Wildman–Crippen MR) is 66.6 cm³/mol. The predicted octanol–water partition coefficient (Wildman–Crippen LogP) is 2.19. The summed E-state index contributed by atoms with van der Waals surface area (Å²) in [6.45, 7) is 11.4. The lowest BCUT2D eigenvalue weighted by Crippen LogP contribution is -2.39. The van der Waals surface area contributed by atoms with Crippen LogP contribution in [0.3, 0.4) is 0 Å². The Morgan fingerprint density at radius 2 is 1.69 bits per heavy atom. The Labute approximate surface area is 99.5 Å². The number of hydrogen-bond donors (Lipinski definition) is 0. The lowest BCUT2D eigenvalue weighted by Gasteiger charge is -2.27. The zero-order valence-electron chi connectivity index (χ0n) is 11.7. The van der Waals surface area contributed by atoms with Crippen molar-refractivity contribution in [1.82, 2.24) is 9.80 Å². The SMILES string of the molecule is CC(C)N(C)CCN(C)C(=O)OC(C)(C)C. The third-order valence-corrected chi connectivity index (χ3v) is 2.37. The highest BCUT2D eigenvalue weighted by molar-refractivity contribution is 5.67. The molecule has 0 N–H and O–H groups in total. The van der Waals surface area contributed by atoms with Crippen LogP contribution in [0, 0.1) is 0 Å². The maximum Gasteiger partial charge on any atom is 0.410 e. The first-order chi connectivity index (χ1) is 7.13. The van der Waals surface area contributed by atoms with E-state index in [1.807, 2.05) is 27.8 Å². The summed E-state index contributed by atoms with van der Waals surface area (Å²) in [4.78, 5) is 15.4. The molecule has 0 rings (SSSR count). The molecule has 96 valence electrons. The Morgan fingerprint density at radius 3 is 2.06 bits per heavy atom. The zero-order valence-corrected chi connectivity index (χ0v) is 11.7. The van der Waals surface area contributed by atoms with E-state index in [0.29, 0.717) is 12.6 Å². The van der Waals surface area contributed by atoms with E-state index >= 15 is 0 Å². The summed E-state index contributed by atoms with van der Waals surface area (Å²) in [7, 11) is 3.82. The van der Waals surface area contributed by atoms with E-state index in [1.165, 1.54) is 0 Å². The van der Waals surface area contributed by atoms with Gasteiger partial charge in [-0.15, -0.1) is 0 Å². The summed E-state index contributed by atoms with van der Waals surface area (Å²) in [5.74, 6) is 0. The second-order valence-electron chi connectivity index (χ2n) is 5.48. The van der Waals surface area contributed by atoms with Crippen molar-refractivity contribution < 1.29 is 9.53 Å². The fraction of sp³-hybridized carbons (Fsp3) is 0.917. The summed E-state index contributed by atoms with van der Waals surface area (Å²) in [5, 5.41) is 0. The molecule has 0 aliphatic heterocycles. The van der Waals surface area contributed by atoms with Gasteiger partial charge in [0, 0.05) is 26.2 Å². The largest absolute Gasteiger partial charge is 0.444 e. The van der Waals surface area contributed by atoms with E-state index in [9.17, 15) is 4.79 Å². The maximum absolute atomic E-state index is 11.6. The summed E-state index contributed by atoms with van der Waals surface area (Å²) >= 11 is 0. The summed E-state index contributed by atoms with van der Waals surface area (Å²) < 4.78 is 5.26. The van der Waals surface area contributed by atoms with Gasteiger partial charge in [0.2, 0.25) is 0 Å². The standard InChI is InChI=1S/C12H26N2O2/c1-10(2)13(6)8-9-14(7)11(15)16-12(3,4)5/h10H,8-9H2,1-7H3. The monoisotopic (exact) mass is 230 g/mol. The molecule has 0 aromatic heterocycles. The highest BCUT2D eigenvalue weighted by atomic mass is 16.6. The van der Waals surface area contributed by atoms with E-state index in [1.54, 1.807) is 11.9 Å². The summed E-state index contributed by atoms with van der Waals surface area (Å²) in [5.41, 5.74) is -0.421. The molecule has 0 radical (unpaired) electrons. The molecule has 0 aromatic carbocycles. The minimum absolute atomic E-state index is 0.260. The van der Waals surface area contributed by atoms with Crippen LogP contribution >= 0.6 is 0 Å². The van der Waals surface area contributed by atoms with E-state index in [0.717, 1.165) is 6.54 Å². The highest BCUT2D eigenvalue weighted by Crippen LogP contribution is 2.08. The van der Waals surface area contributed by atoms with Crippen LogP contribution < -0.4 is 0 Å². The molecule has 16 heavy (non-hydrogen) atoms. The van der Waals surface area contributed by atoms with Crippen molar-refractivity contribution in [2.24, 2.45) is 0 Å². The molecule has 0 aliphatic carbocycles. The molecule has 0 aromatic rings. The van der Waals surface area contributed by atoms with Gasteiger partial charge in [-0.3, -0.25) is 0 Å². The van der Waals surface area contributed by atoms with Gasteiger partial charge in [-0.05, 0) is 41.7 Å². The second-order valence-corrected chi connectivity index (χ2v) is 5.48. The smallest absolute Gasteiger partial charge is 0.410 e. The average molecular weight is 230 g/mol. The van der Waals surface area contributed by atoms with Crippen LogP contribution in [-0.4, -0.2) is 54.7 Å². The number of carbonyl (C=O) groups is 1. The van der Waals surface area contributed by atoms with Gasteiger partial charge in [0.05, 0.1) is 0 Å². The van der Waals surface area contributed by atoms with Crippen LogP contribution in [0.1, 0.15) is 34.6 Å². The Bertz CT molecular complexity index is 222. The molecule has 0 spiro atoms. The van der Waals surface area contributed by atoms with Crippen LogP contribution in [0.4, 0.5) is 4.79 Å². The molecule has 0 aliphatic rings. The molecule has 0 saturated carbocycles. The van der Waals surface area contributed by atoms with Crippen molar-refractivity contribution in [2.75, 3.05) is 27.2 Å². The van der Waals surface area contributed by atoms with Gasteiger partial charge >= 0.3 is 6.09 Å². The molecule has 0 fully saturated rings. The number of rotatable bonds is 4. The summed E-state index contributed by atoms with van der Waals surface area (Å²) in [6.07, 6.45) is -0.260. The van der Waals surface area contributed by atoms with Crippen molar-refractivity contribution in [3.63, 3.8) is 0 Å². The molecule has 0 heterocycles. The number of ether oxygens (including phenoxy) is 1. The highest BCUT2D eigenvalue weighted by Gasteiger charge is 2.19. The Kier molecular flexibility index (Phi) is 5.79. The third-order valence-electron chi connectivity index (χ3n) is 2.37. The lowest BCUT2D eigenvalue weighted by atomic mass is 10.2. The first-order valence-electron chi connectivity index (χ1n) is 5.78. The van der Waals surface area contributed by atoms with Crippen LogP contribution in [0.15, 0.2) is 0 Å². The average Bonchev–Trinajstić information content (AvgIpc) is 2.10. The number of nitrogens with zero attached hydrogens (tertiary/aromatic N) is 2. The van der Waals surface area contributed by atoms with Crippen LogP contribution in [0.5, 0.6) is 0 Å². The number of hydrogen-bond acceptors (Lipinski definition) is 3. The molecule has 1 amide bonds. The molecule has 4 heteroatoms. The lowest BCUT2D eigenvalue weighted by molar-refractivity contribution is 0.0283. The molecule has 0 saturated heterocycles. The van der Waals surface area contributed by atoms with Crippen molar-refractivity contribution in [2.45, 2.75) is 46.3 Å². The maximum atomic E-state index is 11.6. The second kappa shape index (κ2) is 6.09. The van der Waals surface area contributed by atoms with Crippen LogP contribution in [-0.2, 0) is 4.74 Å². The Hall–Kier alpha value is -0.770. The van der Waals surface area contributed by atoms with Gasteiger partial charge in [0.25, 0.3) is 0 Å². The van der Waals surface area contributed by atoms with Gasteiger partial charge in [-0.1, -0.05) is 0 Å². The molecule has 0 bridgehead atoms. The van der Waals surface area contributed by atoms with Gasteiger partial charge in [0.15, 0.2) is 0 Å². The fourth-order valence-corrected chi connectivity index (χ4v) is 0.997. The zero-order chi connectivity index (χ0) is 12.9. The minimum atomic E-state index is -0.421. The van der Waals surface area contributed by atoms with E-state index in [-0.39, 0.29) is 6.09 Å².